The van der Waals surface area contributed by atoms with E-state index in [0.29, 0.717) is 6.54 Å². The maximum atomic E-state index is 12.1. The van der Waals surface area contributed by atoms with Gasteiger partial charge in [-0.2, -0.15) is 0 Å². The quantitative estimate of drug-likeness (QED) is 0.828. The molecule has 1 amide bonds. The summed E-state index contributed by atoms with van der Waals surface area (Å²) >= 11 is 0. The molecule has 3 rings (SSSR count). The van der Waals surface area contributed by atoms with Gasteiger partial charge in [0.25, 0.3) is 5.91 Å². The monoisotopic (exact) mass is 312 g/mol. The molecule has 1 aliphatic rings. The Balaban J connectivity index is 1.45. The third-order valence-corrected chi connectivity index (χ3v) is 4.32. The van der Waals surface area contributed by atoms with Crippen LogP contribution in [-0.2, 0) is 6.42 Å². The number of amides is 1. The van der Waals surface area contributed by atoms with Gasteiger partial charge in [0, 0.05) is 37.3 Å². The lowest BCUT2D eigenvalue weighted by Crippen LogP contribution is -2.29. The Morgan fingerprint density at radius 1 is 1.09 bits per heavy atom. The fraction of sp³-hybridized carbons (Fsp3) is 0.421. The van der Waals surface area contributed by atoms with E-state index in [4.69, 9.17) is 4.42 Å². The van der Waals surface area contributed by atoms with E-state index in [1.165, 1.54) is 24.9 Å². The van der Waals surface area contributed by atoms with Crippen molar-refractivity contribution in [2.45, 2.75) is 32.1 Å². The number of furan rings is 1. The molecule has 0 atom stereocenters. The lowest BCUT2D eigenvalue weighted by molar-refractivity contribution is 0.0953. The van der Waals surface area contributed by atoms with Gasteiger partial charge in [-0.15, -0.1) is 0 Å². The van der Waals surface area contributed by atoms with Gasteiger partial charge in [-0.3, -0.25) is 4.79 Å². The van der Waals surface area contributed by atoms with E-state index in [1.807, 2.05) is 24.3 Å². The van der Waals surface area contributed by atoms with Gasteiger partial charge < -0.3 is 14.6 Å². The fourth-order valence-electron chi connectivity index (χ4n) is 3.00. The molecule has 0 aliphatic carbocycles. The third kappa shape index (κ3) is 4.38. The standard InChI is InChI=1S/C19H24N2O2/c22-19(20-12-4-6-18-7-5-15-23-18)16-8-10-17(11-9-16)21-13-2-1-3-14-21/h5,7-11,15H,1-4,6,12-14H2,(H,20,22). The largest absolute Gasteiger partial charge is 0.469 e. The topological polar surface area (TPSA) is 45.5 Å². The van der Waals surface area contributed by atoms with Crippen molar-refractivity contribution in [3.63, 3.8) is 0 Å². The van der Waals surface area contributed by atoms with Crippen LogP contribution in [0.2, 0.25) is 0 Å². The van der Waals surface area contributed by atoms with E-state index < -0.39 is 0 Å². The van der Waals surface area contributed by atoms with Crippen molar-refractivity contribution in [3.8, 4) is 0 Å². The SMILES string of the molecule is O=C(NCCCc1ccco1)c1ccc(N2CCCCC2)cc1. The van der Waals surface area contributed by atoms with Crippen LogP contribution in [0.1, 0.15) is 41.8 Å². The van der Waals surface area contributed by atoms with Crippen molar-refractivity contribution in [2.24, 2.45) is 0 Å². The molecule has 4 heteroatoms. The highest BCUT2D eigenvalue weighted by atomic mass is 16.3. The average molecular weight is 312 g/mol. The van der Waals surface area contributed by atoms with Gasteiger partial charge in [0.05, 0.1) is 6.26 Å². The minimum Gasteiger partial charge on any atom is -0.469 e. The number of nitrogens with one attached hydrogen (secondary N) is 1. The molecular weight excluding hydrogens is 288 g/mol. The summed E-state index contributed by atoms with van der Waals surface area (Å²) in [5, 5.41) is 2.97. The van der Waals surface area contributed by atoms with Crippen molar-refractivity contribution < 1.29 is 9.21 Å². The zero-order valence-corrected chi connectivity index (χ0v) is 13.5. The minimum atomic E-state index is -0.00496. The molecule has 0 saturated carbocycles. The van der Waals surface area contributed by atoms with Crippen LogP contribution in [0.4, 0.5) is 5.69 Å². The summed E-state index contributed by atoms with van der Waals surface area (Å²) in [7, 11) is 0. The second-order valence-corrected chi connectivity index (χ2v) is 6.03. The lowest BCUT2D eigenvalue weighted by atomic mass is 10.1. The summed E-state index contributed by atoms with van der Waals surface area (Å²) in [5.74, 6) is 0.958. The maximum Gasteiger partial charge on any atom is 0.251 e. The number of nitrogens with zero attached hydrogens (tertiary/aromatic N) is 1. The predicted molar refractivity (Wildman–Crippen MR) is 91.9 cm³/mol. The molecule has 0 radical (unpaired) electrons. The van der Waals surface area contributed by atoms with Gasteiger partial charge in [-0.05, 0) is 62.1 Å². The number of carbonyl (C=O) groups is 1. The lowest BCUT2D eigenvalue weighted by Gasteiger charge is -2.28. The highest BCUT2D eigenvalue weighted by Crippen LogP contribution is 2.20. The second-order valence-electron chi connectivity index (χ2n) is 6.03. The van der Waals surface area contributed by atoms with Gasteiger partial charge in [0.1, 0.15) is 5.76 Å². The third-order valence-electron chi connectivity index (χ3n) is 4.32. The Hall–Kier alpha value is -2.23. The summed E-state index contributed by atoms with van der Waals surface area (Å²) in [4.78, 5) is 14.5. The van der Waals surface area contributed by atoms with Gasteiger partial charge in [0.15, 0.2) is 0 Å². The number of anilines is 1. The summed E-state index contributed by atoms with van der Waals surface area (Å²) in [5.41, 5.74) is 1.95. The molecule has 2 aromatic rings. The van der Waals surface area contributed by atoms with Gasteiger partial charge in [-0.1, -0.05) is 0 Å². The number of piperidine rings is 1. The van der Waals surface area contributed by atoms with Crippen LogP contribution in [0, 0.1) is 0 Å². The molecule has 122 valence electrons. The zero-order chi connectivity index (χ0) is 15.9. The first-order chi connectivity index (χ1) is 11.3. The summed E-state index contributed by atoms with van der Waals surface area (Å²) < 4.78 is 5.28. The van der Waals surface area contributed by atoms with Gasteiger partial charge in [-0.25, -0.2) is 0 Å². The highest BCUT2D eigenvalue weighted by Gasteiger charge is 2.11. The molecule has 4 nitrogen and oxygen atoms in total. The van der Waals surface area contributed by atoms with Gasteiger partial charge in [0.2, 0.25) is 0 Å². The first-order valence-corrected chi connectivity index (χ1v) is 8.48. The van der Waals surface area contributed by atoms with E-state index in [9.17, 15) is 4.79 Å². The van der Waals surface area contributed by atoms with Gasteiger partial charge >= 0.3 is 0 Å². The van der Waals surface area contributed by atoms with E-state index in [1.54, 1.807) is 6.26 Å². The number of aryl methyl sites for hydroxylation is 1. The maximum absolute atomic E-state index is 12.1. The predicted octanol–water partition coefficient (Wildman–Crippen LogP) is 3.63. The Labute approximate surface area is 137 Å². The van der Waals surface area contributed by atoms with E-state index in [2.05, 4.69) is 22.3 Å². The van der Waals surface area contributed by atoms with Crippen LogP contribution in [0.3, 0.4) is 0 Å². The van der Waals surface area contributed by atoms with Crippen LogP contribution < -0.4 is 10.2 Å². The molecule has 1 aromatic carbocycles. The number of hydrogen-bond donors (Lipinski definition) is 1. The second kappa shape index (κ2) is 7.86. The molecule has 1 N–H and O–H groups in total. The zero-order valence-electron chi connectivity index (χ0n) is 13.5. The van der Waals surface area contributed by atoms with Crippen molar-refractivity contribution in [1.82, 2.24) is 5.32 Å². The normalized spacial score (nSPS) is 14.7. The first kappa shape index (κ1) is 15.7. The molecule has 1 aliphatic heterocycles. The molecular formula is C19H24N2O2. The summed E-state index contributed by atoms with van der Waals surface area (Å²) in [6.45, 7) is 2.91. The molecule has 1 aromatic heterocycles. The number of rotatable bonds is 6. The summed E-state index contributed by atoms with van der Waals surface area (Å²) in [6, 6.07) is 11.8. The van der Waals surface area contributed by atoms with Crippen LogP contribution in [-0.4, -0.2) is 25.5 Å². The van der Waals surface area contributed by atoms with Crippen molar-refractivity contribution in [2.75, 3.05) is 24.5 Å². The summed E-state index contributed by atoms with van der Waals surface area (Å²) in [6.07, 6.45) is 7.26. The smallest absolute Gasteiger partial charge is 0.251 e. The first-order valence-electron chi connectivity index (χ1n) is 8.48. The molecule has 0 unspecified atom stereocenters. The van der Waals surface area contributed by atoms with Crippen molar-refractivity contribution in [1.29, 1.82) is 0 Å². The van der Waals surface area contributed by atoms with E-state index >= 15 is 0 Å². The molecule has 23 heavy (non-hydrogen) atoms. The number of hydrogen-bond acceptors (Lipinski definition) is 3. The van der Waals surface area contributed by atoms with E-state index in [-0.39, 0.29) is 5.91 Å². The van der Waals surface area contributed by atoms with Crippen molar-refractivity contribution >= 4 is 11.6 Å². The molecule has 1 fully saturated rings. The molecule has 2 heterocycles. The van der Waals surface area contributed by atoms with Crippen LogP contribution in [0.25, 0.3) is 0 Å². The van der Waals surface area contributed by atoms with Crippen LogP contribution in [0.15, 0.2) is 47.1 Å². The minimum absolute atomic E-state index is 0.00496. The molecule has 0 spiro atoms. The Bertz CT molecular complexity index is 599. The van der Waals surface area contributed by atoms with Crippen LogP contribution >= 0.6 is 0 Å². The Morgan fingerprint density at radius 2 is 1.87 bits per heavy atom. The Morgan fingerprint density at radius 3 is 2.57 bits per heavy atom. The van der Waals surface area contributed by atoms with E-state index in [0.717, 1.165) is 37.3 Å². The number of carbonyl (C=O) groups excluding carboxylic acids is 1. The average Bonchev–Trinajstić information content (AvgIpc) is 3.13. The highest BCUT2D eigenvalue weighted by molar-refractivity contribution is 5.94. The molecule has 1 saturated heterocycles. The molecule has 0 bridgehead atoms. The van der Waals surface area contributed by atoms with Crippen LogP contribution in [0.5, 0.6) is 0 Å². The Kier molecular flexibility index (Phi) is 5.35. The van der Waals surface area contributed by atoms with Crippen molar-refractivity contribution in [3.05, 3.63) is 54.0 Å². The number of benzene rings is 1. The fourth-order valence-corrected chi connectivity index (χ4v) is 3.00.